The molecule has 8 nitrogen and oxygen atoms in total. The van der Waals surface area contributed by atoms with Crippen molar-refractivity contribution in [3.63, 3.8) is 0 Å². The van der Waals surface area contributed by atoms with Crippen LogP contribution in [0.3, 0.4) is 0 Å². The zero-order chi connectivity index (χ0) is 26.3. The second-order valence-corrected chi connectivity index (χ2v) is 7.64. The zero-order valence-electron chi connectivity index (χ0n) is 19.1. The lowest BCUT2D eigenvalue weighted by molar-refractivity contribution is -0.139. The van der Waals surface area contributed by atoms with Crippen molar-refractivity contribution in [2.45, 2.75) is 25.9 Å². The Morgan fingerprint density at radius 1 is 1.00 bits per heavy atom. The molecule has 0 aliphatic rings. The smallest absolute Gasteiger partial charge is 0.420 e. The molecule has 3 rings (SSSR count). The topological polar surface area (TPSA) is 118 Å². The summed E-state index contributed by atoms with van der Waals surface area (Å²) in [5, 5.41) is 13.2. The summed E-state index contributed by atoms with van der Waals surface area (Å²) in [6.45, 7) is 1.66. The molecule has 0 unspecified atom stereocenters. The fourth-order valence-electron chi connectivity index (χ4n) is 3.30. The van der Waals surface area contributed by atoms with Crippen molar-refractivity contribution in [1.29, 1.82) is 0 Å². The summed E-state index contributed by atoms with van der Waals surface area (Å²) in [7, 11) is 0. The maximum Gasteiger partial charge on any atom is 0.420 e. The number of hydrogen-bond acceptors (Lipinski definition) is 5. The third kappa shape index (κ3) is 6.81. The van der Waals surface area contributed by atoms with Gasteiger partial charge in [0.1, 0.15) is 5.75 Å². The number of pyridine rings is 1. The zero-order valence-corrected chi connectivity index (χ0v) is 19.1. The summed E-state index contributed by atoms with van der Waals surface area (Å²) in [5.74, 6) is -2.09. The molecule has 188 valence electrons. The Bertz CT molecular complexity index is 1260. The number of carbonyl (C=O) groups is 3. The summed E-state index contributed by atoms with van der Waals surface area (Å²) < 4.78 is 46.0. The third-order valence-corrected chi connectivity index (χ3v) is 4.90. The van der Waals surface area contributed by atoms with Crippen LogP contribution in [0, 0.1) is 0 Å². The number of benzene rings is 2. The number of ether oxygens (including phenoxy) is 1. The highest BCUT2D eigenvalue weighted by Crippen LogP contribution is 2.41. The molecule has 2 amide bonds. The van der Waals surface area contributed by atoms with Gasteiger partial charge in [0.2, 0.25) is 5.91 Å². The number of ketones is 1. The maximum atomic E-state index is 13.6. The first-order valence-corrected chi connectivity index (χ1v) is 10.8. The van der Waals surface area contributed by atoms with Gasteiger partial charge in [-0.05, 0) is 30.2 Å². The molecule has 1 heterocycles. The number of nitrogens with zero attached hydrogens (tertiary/aromatic N) is 1. The standard InChI is InChI=1S/C25H22F3N3O5/c1-2-9-36-22-12-20(31-24(34)35)19(11-18(22)25(26,27)28)30-23(33)13-21(32)16-6-3-5-15(10-16)17-7-4-8-29-14-17/h3-8,10-12,14,31H,2,9,13H2,1H3,(H,30,33)(H,34,35). The van der Waals surface area contributed by atoms with E-state index in [0.717, 1.165) is 11.6 Å². The highest BCUT2D eigenvalue weighted by atomic mass is 19.4. The molecule has 3 N–H and O–H groups in total. The first kappa shape index (κ1) is 26.2. The SMILES string of the molecule is CCCOc1cc(NC(=O)O)c(NC(=O)CC(=O)c2cccc(-c3cccnc3)c2)cc1C(F)(F)F. The van der Waals surface area contributed by atoms with E-state index in [0.29, 0.717) is 18.1 Å². The second kappa shape index (κ2) is 11.3. The largest absolute Gasteiger partial charge is 0.493 e. The summed E-state index contributed by atoms with van der Waals surface area (Å²) in [4.78, 5) is 40.5. The number of nitrogens with one attached hydrogen (secondary N) is 2. The Hall–Kier alpha value is -4.41. The van der Waals surface area contributed by atoms with Gasteiger partial charge in [0, 0.05) is 29.6 Å². The Labute approximate surface area is 204 Å². The normalized spacial score (nSPS) is 11.0. The Morgan fingerprint density at radius 3 is 2.36 bits per heavy atom. The Balaban J connectivity index is 1.85. The van der Waals surface area contributed by atoms with Crippen molar-refractivity contribution >= 4 is 29.2 Å². The van der Waals surface area contributed by atoms with Crippen molar-refractivity contribution in [2.75, 3.05) is 17.2 Å². The summed E-state index contributed by atoms with van der Waals surface area (Å²) >= 11 is 0. The van der Waals surface area contributed by atoms with E-state index in [1.165, 1.54) is 6.07 Å². The molecule has 0 saturated heterocycles. The molecule has 36 heavy (non-hydrogen) atoms. The predicted octanol–water partition coefficient (Wildman–Crippen LogP) is 5.86. The van der Waals surface area contributed by atoms with Gasteiger partial charge in [-0.3, -0.25) is 19.9 Å². The molecule has 0 spiro atoms. The summed E-state index contributed by atoms with van der Waals surface area (Å²) in [5.41, 5.74) is -0.324. The van der Waals surface area contributed by atoms with E-state index in [4.69, 9.17) is 9.84 Å². The van der Waals surface area contributed by atoms with Crippen LogP contribution in [0.5, 0.6) is 5.75 Å². The van der Waals surface area contributed by atoms with Crippen LogP contribution in [0.2, 0.25) is 0 Å². The monoisotopic (exact) mass is 501 g/mol. The number of amides is 2. The number of carboxylic acid groups (broad SMARTS) is 1. The lowest BCUT2D eigenvalue weighted by Gasteiger charge is -2.18. The van der Waals surface area contributed by atoms with Crippen LogP contribution in [0.1, 0.15) is 35.7 Å². The van der Waals surface area contributed by atoms with Gasteiger partial charge >= 0.3 is 12.3 Å². The maximum absolute atomic E-state index is 13.6. The average molecular weight is 501 g/mol. The molecule has 2 aromatic carbocycles. The number of halogens is 3. The molecule has 1 aromatic heterocycles. The fraction of sp³-hybridized carbons (Fsp3) is 0.200. The quantitative estimate of drug-likeness (QED) is 0.250. The van der Waals surface area contributed by atoms with Crippen molar-refractivity contribution in [1.82, 2.24) is 4.98 Å². The molecular formula is C25H22F3N3O5. The van der Waals surface area contributed by atoms with Crippen LogP contribution in [0.4, 0.5) is 29.3 Å². The highest BCUT2D eigenvalue weighted by molar-refractivity contribution is 6.12. The highest BCUT2D eigenvalue weighted by Gasteiger charge is 2.36. The average Bonchev–Trinajstić information content (AvgIpc) is 2.83. The van der Waals surface area contributed by atoms with Gasteiger partial charge in [0.25, 0.3) is 0 Å². The van der Waals surface area contributed by atoms with Crippen LogP contribution in [0.15, 0.2) is 60.9 Å². The van der Waals surface area contributed by atoms with E-state index < -0.39 is 47.4 Å². The molecule has 11 heteroatoms. The number of carbonyl (C=O) groups excluding carboxylic acids is 2. The lowest BCUT2D eigenvalue weighted by atomic mass is 10.0. The van der Waals surface area contributed by atoms with Gasteiger partial charge < -0.3 is 15.2 Å². The van der Waals surface area contributed by atoms with E-state index in [9.17, 15) is 27.6 Å². The van der Waals surface area contributed by atoms with Crippen molar-refractivity contribution < 1.29 is 37.4 Å². The summed E-state index contributed by atoms with van der Waals surface area (Å²) in [6, 6.07) is 11.4. The molecule has 0 aliphatic carbocycles. The molecule has 0 saturated carbocycles. The molecule has 0 atom stereocenters. The first-order chi connectivity index (χ1) is 17.1. The molecule has 0 aliphatic heterocycles. The number of anilines is 2. The fourth-order valence-corrected chi connectivity index (χ4v) is 3.30. The van der Waals surface area contributed by atoms with Crippen molar-refractivity contribution in [2.24, 2.45) is 0 Å². The lowest BCUT2D eigenvalue weighted by Crippen LogP contribution is -2.20. The Morgan fingerprint density at radius 2 is 1.72 bits per heavy atom. The number of Topliss-reactive ketones (excluding diaryl/α,β-unsaturated/α-hetero) is 1. The Kier molecular flexibility index (Phi) is 8.26. The van der Waals surface area contributed by atoms with Gasteiger partial charge in [-0.2, -0.15) is 13.2 Å². The van der Waals surface area contributed by atoms with Gasteiger partial charge in [-0.15, -0.1) is 0 Å². The van der Waals surface area contributed by atoms with Crippen LogP contribution >= 0.6 is 0 Å². The molecule has 3 aromatic rings. The van der Waals surface area contributed by atoms with E-state index >= 15 is 0 Å². The molecule has 0 radical (unpaired) electrons. The summed E-state index contributed by atoms with van der Waals surface area (Å²) in [6.07, 6.45) is -3.45. The van der Waals surface area contributed by atoms with E-state index in [2.05, 4.69) is 10.3 Å². The van der Waals surface area contributed by atoms with Gasteiger partial charge in [0.15, 0.2) is 5.78 Å². The van der Waals surface area contributed by atoms with E-state index in [1.54, 1.807) is 49.6 Å². The third-order valence-electron chi connectivity index (χ3n) is 4.90. The minimum absolute atomic E-state index is 0.0338. The van der Waals surface area contributed by atoms with Gasteiger partial charge in [-0.25, -0.2) is 4.79 Å². The number of aromatic nitrogens is 1. The molecular weight excluding hydrogens is 479 g/mol. The molecule has 0 fully saturated rings. The van der Waals surface area contributed by atoms with Crippen LogP contribution < -0.4 is 15.4 Å². The number of hydrogen-bond donors (Lipinski definition) is 3. The van der Waals surface area contributed by atoms with Crippen LogP contribution in [0.25, 0.3) is 11.1 Å². The van der Waals surface area contributed by atoms with E-state index in [1.807, 2.05) is 5.32 Å². The minimum atomic E-state index is -4.84. The number of alkyl halides is 3. The van der Waals surface area contributed by atoms with Gasteiger partial charge in [0.05, 0.1) is 30.0 Å². The van der Waals surface area contributed by atoms with Crippen molar-refractivity contribution in [3.05, 3.63) is 72.1 Å². The van der Waals surface area contributed by atoms with Crippen LogP contribution in [-0.4, -0.2) is 34.5 Å². The predicted molar refractivity (Wildman–Crippen MR) is 126 cm³/mol. The van der Waals surface area contributed by atoms with E-state index in [-0.39, 0.29) is 17.9 Å². The second-order valence-electron chi connectivity index (χ2n) is 7.64. The number of rotatable bonds is 9. The minimum Gasteiger partial charge on any atom is -0.493 e. The van der Waals surface area contributed by atoms with Crippen LogP contribution in [-0.2, 0) is 11.0 Å². The molecule has 0 bridgehead atoms. The first-order valence-electron chi connectivity index (χ1n) is 10.8. The van der Waals surface area contributed by atoms with Crippen molar-refractivity contribution in [3.8, 4) is 16.9 Å². The van der Waals surface area contributed by atoms with Gasteiger partial charge in [-0.1, -0.05) is 31.2 Å².